The number of benzene rings is 7. The second-order valence-corrected chi connectivity index (χ2v) is 16.2. The fourth-order valence-electron chi connectivity index (χ4n) is 9.60. The number of hydrogen-bond acceptors (Lipinski definition) is 0. The Morgan fingerprint density at radius 1 is 0.462 bits per heavy atom. The summed E-state index contributed by atoms with van der Waals surface area (Å²) < 4.78 is 7.58. The number of nitrogens with zero attached hydrogens (tertiary/aromatic N) is 3. The third-order valence-electron chi connectivity index (χ3n) is 11.7. The Kier molecular flexibility index (Phi) is 5.10. The van der Waals surface area contributed by atoms with Gasteiger partial charge in [0, 0.05) is 47.9 Å². The van der Waals surface area contributed by atoms with Crippen molar-refractivity contribution < 1.29 is 0 Å². The third kappa shape index (κ3) is 3.28. The Morgan fingerprint density at radius 3 is 1.71 bits per heavy atom. The van der Waals surface area contributed by atoms with E-state index in [1.165, 1.54) is 109 Å². The first-order valence-electron chi connectivity index (χ1n) is 18.0. The van der Waals surface area contributed by atoms with Crippen LogP contribution in [0.5, 0.6) is 0 Å². The molecule has 1 aliphatic carbocycles. The summed E-state index contributed by atoms with van der Waals surface area (Å²) in [6, 6.07) is 56.6. The average Bonchev–Trinajstić information content (AvgIpc) is 3.85. The van der Waals surface area contributed by atoms with Crippen molar-refractivity contribution in [3.63, 3.8) is 0 Å². The molecule has 0 saturated heterocycles. The molecule has 1 unspecified atom stereocenters. The summed E-state index contributed by atoms with van der Waals surface area (Å²) in [5.41, 5.74) is 15.4. The molecule has 52 heavy (non-hydrogen) atoms. The van der Waals surface area contributed by atoms with Gasteiger partial charge >= 0.3 is 0 Å². The first-order chi connectivity index (χ1) is 25.8. The van der Waals surface area contributed by atoms with Gasteiger partial charge in [-0.05, 0) is 72.1 Å². The summed E-state index contributed by atoms with van der Waals surface area (Å²) in [5, 5.41) is 6.55. The van der Waals surface area contributed by atoms with Gasteiger partial charge < -0.3 is 13.7 Å². The molecule has 242 valence electrons. The van der Waals surface area contributed by atoms with E-state index in [-0.39, 0.29) is 10.5 Å². The van der Waals surface area contributed by atoms with Crippen LogP contribution < -0.4 is 0 Å². The summed E-state index contributed by atoms with van der Waals surface area (Å²) in [6.07, 6.45) is 5.73. The Hall–Kier alpha value is -6.36. The van der Waals surface area contributed by atoms with Gasteiger partial charge in [-0.15, -0.1) is 10.5 Å². The number of rotatable bonds is 2. The Morgan fingerprint density at radius 2 is 1.02 bits per heavy atom. The van der Waals surface area contributed by atoms with Crippen molar-refractivity contribution in [2.45, 2.75) is 16.2 Å². The molecule has 0 spiro atoms. The zero-order chi connectivity index (χ0) is 33.7. The van der Waals surface area contributed by atoms with E-state index in [2.05, 4.69) is 178 Å². The zero-order valence-corrected chi connectivity index (χ0v) is 28.9. The van der Waals surface area contributed by atoms with Crippen molar-refractivity contribution in [3.05, 3.63) is 169 Å². The molecule has 0 saturated carbocycles. The lowest BCUT2D eigenvalue weighted by Crippen LogP contribution is -2.20. The Bertz CT molecular complexity index is 3260. The van der Waals surface area contributed by atoms with E-state index in [0.29, 0.717) is 0 Å². The molecule has 10 aromatic rings. The molecule has 1 atom stereocenters. The van der Waals surface area contributed by atoms with Gasteiger partial charge in [0.15, 0.2) is 0 Å². The quantitative estimate of drug-likeness (QED) is 0.162. The van der Waals surface area contributed by atoms with Crippen LogP contribution in [0.3, 0.4) is 0 Å². The second kappa shape index (κ2) is 9.70. The second-order valence-electron chi connectivity index (χ2n) is 14.2. The molecule has 3 aliphatic rings. The van der Waals surface area contributed by atoms with Gasteiger partial charge in [-0.2, -0.15) is 0 Å². The summed E-state index contributed by atoms with van der Waals surface area (Å²) >= 11 is 0. The van der Waals surface area contributed by atoms with E-state index >= 15 is 0 Å². The highest BCUT2D eigenvalue weighted by Gasteiger charge is 2.37. The highest BCUT2D eigenvalue weighted by Crippen LogP contribution is 2.58. The fourth-order valence-corrected chi connectivity index (χ4v) is 12.3. The number of fused-ring (bicyclic) bond motifs is 12. The van der Waals surface area contributed by atoms with Gasteiger partial charge in [0.2, 0.25) is 0 Å². The predicted octanol–water partition coefficient (Wildman–Crippen LogP) is 12.4. The highest BCUT2D eigenvalue weighted by molar-refractivity contribution is 8.16. The van der Waals surface area contributed by atoms with E-state index in [4.69, 9.17) is 0 Å². The number of aromatic nitrogens is 3. The summed E-state index contributed by atoms with van der Waals surface area (Å²) in [4.78, 5) is 4.42. The largest absolute Gasteiger partial charge is 0.309 e. The van der Waals surface area contributed by atoms with Gasteiger partial charge in [-0.3, -0.25) is 0 Å². The van der Waals surface area contributed by atoms with Gasteiger partial charge in [-0.25, -0.2) is 0 Å². The average molecular weight is 680 g/mol. The first-order valence-corrected chi connectivity index (χ1v) is 19.3. The Balaban J connectivity index is 1.12. The molecular weight excluding hydrogens is 651 g/mol. The SMILES string of the molecule is C1=Cc2c3n(c4ccccc24)-c2cc(-c4ccc(-n5c6ccccc6c6ccccc65)cc4)cc4c2S(=C3C1)c1cccc2c3ccccc3n-4c12. The maximum Gasteiger partial charge on any atom is 0.0676 e. The van der Waals surface area contributed by atoms with Crippen molar-refractivity contribution in [2.24, 2.45) is 0 Å². The molecule has 5 heterocycles. The van der Waals surface area contributed by atoms with Gasteiger partial charge in [0.05, 0.1) is 49.5 Å². The third-order valence-corrected chi connectivity index (χ3v) is 14.1. The summed E-state index contributed by atoms with van der Waals surface area (Å²) in [5.74, 6) is 0. The lowest BCUT2D eigenvalue weighted by atomic mass is 10.0. The maximum atomic E-state index is 2.60. The van der Waals surface area contributed by atoms with Crippen molar-refractivity contribution >= 4 is 75.9 Å². The van der Waals surface area contributed by atoms with Gasteiger partial charge in [0.1, 0.15) is 0 Å². The molecule has 4 heteroatoms. The van der Waals surface area contributed by atoms with Gasteiger partial charge in [-0.1, -0.05) is 109 Å². The smallest absolute Gasteiger partial charge is 0.0676 e. The number of para-hydroxylation sites is 5. The zero-order valence-electron chi connectivity index (χ0n) is 28.0. The molecule has 0 bridgehead atoms. The van der Waals surface area contributed by atoms with Crippen molar-refractivity contribution in [1.29, 1.82) is 0 Å². The van der Waals surface area contributed by atoms with Crippen LogP contribution in [-0.2, 0) is 0 Å². The number of allylic oxidation sites excluding steroid dienone is 1. The maximum absolute atomic E-state index is 2.60. The molecule has 0 fully saturated rings. The number of hydrogen-bond donors (Lipinski definition) is 0. The minimum atomic E-state index is -0.207. The molecule has 3 nitrogen and oxygen atoms in total. The molecule has 0 N–H and O–H groups in total. The lowest BCUT2D eigenvalue weighted by molar-refractivity contribution is 1.01. The summed E-state index contributed by atoms with van der Waals surface area (Å²) in [7, 11) is -0.207. The van der Waals surface area contributed by atoms with Crippen LogP contribution >= 0.6 is 10.5 Å². The van der Waals surface area contributed by atoms with Crippen LogP contribution in [0.25, 0.3) is 88.8 Å². The van der Waals surface area contributed by atoms with E-state index in [1.807, 2.05) is 0 Å². The lowest BCUT2D eigenvalue weighted by Gasteiger charge is -2.35. The van der Waals surface area contributed by atoms with Crippen LogP contribution in [0.15, 0.2) is 168 Å². The van der Waals surface area contributed by atoms with E-state index in [1.54, 1.807) is 0 Å². The molecule has 0 amide bonds. The van der Waals surface area contributed by atoms with E-state index in [9.17, 15) is 0 Å². The van der Waals surface area contributed by atoms with Crippen molar-refractivity contribution in [1.82, 2.24) is 13.7 Å². The van der Waals surface area contributed by atoms with E-state index in [0.717, 1.165) is 6.42 Å². The molecular formula is C48H29N3S. The fraction of sp³-hybridized carbons (Fsp3) is 0.0208. The van der Waals surface area contributed by atoms with Crippen LogP contribution in [-0.4, -0.2) is 18.6 Å². The molecule has 13 rings (SSSR count). The van der Waals surface area contributed by atoms with Crippen LogP contribution in [0.1, 0.15) is 17.7 Å². The standard InChI is InChI=1S/C48H29N3S/c1-5-17-38-32(11-1)33-12-2-6-18-39(33)49(38)31-25-23-29(24-26-31)30-27-42-48-43(28-30)51-41-20-8-4-14-35(41)37-16-10-22-45(47(37)51)52(48)44-21-9-15-36-34-13-3-7-19-40(34)50(42)46(36)44/h1-21,23-28H,22H2. The molecule has 7 aromatic carbocycles. The molecule has 2 aliphatic heterocycles. The summed E-state index contributed by atoms with van der Waals surface area (Å²) in [6.45, 7) is 0. The minimum Gasteiger partial charge on any atom is -0.309 e. The molecule has 0 radical (unpaired) electrons. The Labute approximate surface area is 301 Å². The highest BCUT2D eigenvalue weighted by atomic mass is 32.2. The predicted molar refractivity (Wildman–Crippen MR) is 219 cm³/mol. The van der Waals surface area contributed by atoms with Crippen molar-refractivity contribution in [3.8, 4) is 28.2 Å². The monoisotopic (exact) mass is 679 g/mol. The van der Waals surface area contributed by atoms with Crippen LogP contribution in [0.4, 0.5) is 0 Å². The normalized spacial score (nSPS) is 15.3. The van der Waals surface area contributed by atoms with E-state index < -0.39 is 0 Å². The minimum absolute atomic E-state index is 0.207. The topological polar surface area (TPSA) is 14.8 Å². The van der Waals surface area contributed by atoms with Gasteiger partial charge in [0.25, 0.3) is 0 Å². The van der Waals surface area contributed by atoms with Crippen LogP contribution in [0.2, 0.25) is 0 Å². The van der Waals surface area contributed by atoms with Crippen molar-refractivity contribution in [2.75, 3.05) is 0 Å². The molecule has 3 aromatic heterocycles. The first kappa shape index (κ1) is 27.4. The van der Waals surface area contributed by atoms with Crippen LogP contribution in [0, 0.1) is 0 Å².